The van der Waals surface area contributed by atoms with Gasteiger partial charge in [-0.05, 0) is 42.2 Å². The Hall–Kier alpha value is -2.67. The van der Waals surface area contributed by atoms with Crippen LogP contribution in [-0.2, 0) is 12.3 Å². The highest BCUT2D eigenvalue weighted by Crippen LogP contribution is 2.25. The summed E-state index contributed by atoms with van der Waals surface area (Å²) in [5.41, 5.74) is 1.77. The molecule has 0 bridgehead atoms. The maximum absolute atomic E-state index is 13.1. The van der Waals surface area contributed by atoms with E-state index in [1.807, 2.05) is 28.7 Å². The monoisotopic (exact) mass is 396 g/mol. The highest BCUT2D eigenvalue weighted by atomic mass is 32.2. The van der Waals surface area contributed by atoms with E-state index >= 15 is 0 Å². The summed E-state index contributed by atoms with van der Waals surface area (Å²) in [7, 11) is 0. The highest BCUT2D eigenvalue weighted by Gasteiger charge is 2.17. The first-order valence-electron chi connectivity index (χ1n) is 9.28. The van der Waals surface area contributed by atoms with E-state index in [2.05, 4.69) is 24.0 Å². The molecule has 4 rings (SSSR count). The molecule has 0 amide bonds. The molecule has 28 heavy (non-hydrogen) atoms. The maximum Gasteiger partial charge on any atom is 0.262 e. The van der Waals surface area contributed by atoms with Crippen molar-refractivity contribution in [1.29, 1.82) is 0 Å². The van der Waals surface area contributed by atoms with Crippen molar-refractivity contribution in [3.05, 3.63) is 70.3 Å². The zero-order chi connectivity index (χ0) is 19.7. The van der Waals surface area contributed by atoms with E-state index in [1.165, 1.54) is 23.9 Å². The predicted molar refractivity (Wildman–Crippen MR) is 110 cm³/mol. The summed E-state index contributed by atoms with van der Waals surface area (Å²) >= 11 is 1.52. The van der Waals surface area contributed by atoms with Gasteiger partial charge < -0.3 is 0 Å². The van der Waals surface area contributed by atoms with E-state index < -0.39 is 0 Å². The Morgan fingerprint density at radius 1 is 1.07 bits per heavy atom. The van der Waals surface area contributed by atoms with Gasteiger partial charge in [0.25, 0.3) is 5.56 Å². The number of aryl methyl sites for hydroxylation is 1. The molecule has 0 radical (unpaired) electrons. The van der Waals surface area contributed by atoms with E-state index in [0.29, 0.717) is 34.5 Å². The first-order chi connectivity index (χ1) is 13.5. The molecule has 4 aromatic rings. The Kier molecular flexibility index (Phi) is 5.17. The third-order valence-corrected chi connectivity index (χ3v) is 5.69. The summed E-state index contributed by atoms with van der Waals surface area (Å²) in [4.78, 5) is 13.0. The lowest BCUT2D eigenvalue weighted by atomic mass is 10.1. The molecule has 2 aromatic carbocycles. The fraction of sp³-hybridized carbons (Fsp3) is 0.286. The molecule has 0 unspecified atom stereocenters. The van der Waals surface area contributed by atoms with Gasteiger partial charge in [0, 0.05) is 12.3 Å². The van der Waals surface area contributed by atoms with Gasteiger partial charge in [0.05, 0.1) is 10.9 Å². The van der Waals surface area contributed by atoms with Crippen LogP contribution >= 0.6 is 11.8 Å². The molecule has 0 N–H and O–H groups in total. The number of nitrogens with zero attached hydrogens (tertiary/aromatic N) is 4. The standard InChI is InChI=1S/C21H21FN4OS/c1-14(2)11-12-25-19(27)17-5-3-4-6-18(17)26-20(25)23-24-21(26)28-13-15-7-9-16(22)10-8-15/h3-10,14H,11-13H2,1-2H3. The molecule has 0 aliphatic rings. The van der Waals surface area contributed by atoms with Crippen LogP contribution in [-0.4, -0.2) is 19.2 Å². The highest BCUT2D eigenvalue weighted by molar-refractivity contribution is 7.98. The number of benzene rings is 2. The van der Waals surface area contributed by atoms with Gasteiger partial charge in [0.15, 0.2) is 5.16 Å². The number of hydrogen-bond donors (Lipinski definition) is 0. The van der Waals surface area contributed by atoms with Crippen molar-refractivity contribution in [2.45, 2.75) is 37.7 Å². The van der Waals surface area contributed by atoms with Crippen LogP contribution < -0.4 is 5.56 Å². The molecule has 5 nitrogen and oxygen atoms in total. The Bertz CT molecular complexity index is 1180. The summed E-state index contributed by atoms with van der Waals surface area (Å²) in [5.74, 6) is 1.43. The van der Waals surface area contributed by atoms with Crippen molar-refractivity contribution in [3.63, 3.8) is 0 Å². The zero-order valence-electron chi connectivity index (χ0n) is 15.8. The van der Waals surface area contributed by atoms with Crippen molar-refractivity contribution in [3.8, 4) is 0 Å². The second-order valence-corrected chi connectivity index (χ2v) is 8.13. The summed E-state index contributed by atoms with van der Waals surface area (Å²) in [6.07, 6.45) is 0.888. The van der Waals surface area contributed by atoms with Crippen molar-refractivity contribution in [2.75, 3.05) is 0 Å². The number of rotatable bonds is 6. The van der Waals surface area contributed by atoms with Crippen LogP contribution in [0.5, 0.6) is 0 Å². The van der Waals surface area contributed by atoms with E-state index in [4.69, 9.17) is 0 Å². The maximum atomic E-state index is 13.1. The van der Waals surface area contributed by atoms with E-state index in [1.54, 1.807) is 16.7 Å². The zero-order valence-corrected chi connectivity index (χ0v) is 16.6. The fourth-order valence-electron chi connectivity index (χ4n) is 3.14. The molecular formula is C21H21FN4OS. The lowest BCUT2D eigenvalue weighted by Gasteiger charge is -2.12. The average molecular weight is 396 g/mol. The molecule has 0 saturated carbocycles. The van der Waals surface area contributed by atoms with Crippen molar-refractivity contribution in [1.82, 2.24) is 19.2 Å². The molecule has 0 saturated heterocycles. The molecule has 2 aromatic heterocycles. The predicted octanol–water partition coefficient (Wildman–Crippen LogP) is 4.52. The van der Waals surface area contributed by atoms with Gasteiger partial charge in [-0.15, -0.1) is 10.2 Å². The molecule has 0 aliphatic heterocycles. The molecule has 7 heteroatoms. The Balaban J connectivity index is 1.80. The summed E-state index contributed by atoms with van der Waals surface area (Å²) in [6, 6.07) is 14.0. The van der Waals surface area contributed by atoms with E-state index in [0.717, 1.165) is 17.5 Å². The number of fused-ring (bicyclic) bond motifs is 3. The summed E-state index contributed by atoms with van der Waals surface area (Å²) in [5, 5.41) is 10.0. The van der Waals surface area contributed by atoms with E-state index in [9.17, 15) is 9.18 Å². The van der Waals surface area contributed by atoms with Gasteiger partial charge in [-0.2, -0.15) is 0 Å². The van der Waals surface area contributed by atoms with Gasteiger partial charge >= 0.3 is 0 Å². The number of thioether (sulfide) groups is 1. The topological polar surface area (TPSA) is 52.2 Å². The second kappa shape index (κ2) is 7.75. The lowest BCUT2D eigenvalue weighted by molar-refractivity contribution is 0.512. The van der Waals surface area contributed by atoms with Gasteiger partial charge in [-0.25, -0.2) is 4.39 Å². The van der Waals surface area contributed by atoms with Gasteiger partial charge in [0.1, 0.15) is 5.82 Å². The molecular weight excluding hydrogens is 375 g/mol. The summed E-state index contributed by atoms with van der Waals surface area (Å²) < 4.78 is 16.8. The first kappa shape index (κ1) is 18.7. The first-order valence-corrected chi connectivity index (χ1v) is 10.3. The van der Waals surface area contributed by atoms with Crippen LogP contribution in [0.25, 0.3) is 16.7 Å². The van der Waals surface area contributed by atoms with Gasteiger partial charge in [0.2, 0.25) is 5.78 Å². The quantitative estimate of drug-likeness (QED) is 0.450. The third kappa shape index (κ3) is 3.54. The number of para-hydroxylation sites is 1. The van der Waals surface area contributed by atoms with Crippen LogP contribution in [0.1, 0.15) is 25.8 Å². The number of halogens is 1. The molecule has 0 aliphatic carbocycles. The van der Waals surface area contributed by atoms with Crippen LogP contribution in [0.4, 0.5) is 4.39 Å². The Morgan fingerprint density at radius 2 is 1.82 bits per heavy atom. The van der Waals surface area contributed by atoms with Crippen LogP contribution in [0, 0.1) is 11.7 Å². The minimum Gasteiger partial charge on any atom is -0.276 e. The Labute approximate surface area is 166 Å². The normalized spacial score (nSPS) is 11.7. The number of aromatic nitrogens is 4. The van der Waals surface area contributed by atoms with Crippen LogP contribution in [0.3, 0.4) is 0 Å². The van der Waals surface area contributed by atoms with Crippen LogP contribution in [0.15, 0.2) is 58.5 Å². The molecule has 2 heterocycles. The summed E-state index contributed by atoms with van der Waals surface area (Å²) in [6.45, 7) is 4.87. The van der Waals surface area contributed by atoms with Gasteiger partial charge in [-0.1, -0.05) is 49.9 Å². The molecule has 144 valence electrons. The third-order valence-electron chi connectivity index (χ3n) is 4.69. The average Bonchev–Trinajstić information content (AvgIpc) is 3.11. The number of hydrogen-bond acceptors (Lipinski definition) is 4. The minimum atomic E-state index is -0.248. The van der Waals surface area contributed by atoms with Gasteiger partial charge in [-0.3, -0.25) is 13.8 Å². The lowest BCUT2D eigenvalue weighted by Crippen LogP contribution is -2.24. The van der Waals surface area contributed by atoms with Crippen molar-refractivity contribution >= 4 is 28.4 Å². The Morgan fingerprint density at radius 3 is 2.57 bits per heavy atom. The molecule has 0 spiro atoms. The second-order valence-electron chi connectivity index (χ2n) is 7.19. The van der Waals surface area contributed by atoms with Crippen molar-refractivity contribution in [2.24, 2.45) is 5.92 Å². The van der Waals surface area contributed by atoms with E-state index in [-0.39, 0.29) is 11.4 Å². The smallest absolute Gasteiger partial charge is 0.262 e. The SMILES string of the molecule is CC(C)CCn1c(=O)c2ccccc2n2c(SCc3ccc(F)cc3)nnc12. The molecule has 0 fully saturated rings. The largest absolute Gasteiger partial charge is 0.276 e. The minimum absolute atomic E-state index is 0.0359. The molecule has 0 atom stereocenters. The van der Waals surface area contributed by atoms with Crippen molar-refractivity contribution < 1.29 is 4.39 Å². The fourth-order valence-corrected chi connectivity index (χ4v) is 4.04. The van der Waals surface area contributed by atoms with Crippen LogP contribution in [0.2, 0.25) is 0 Å².